The van der Waals surface area contributed by atoms with Gasteiger partial charge < -0.3 is 10.4 Å². The second kappa shape index (κ2) is 5.75. The quantitative estimate of drug-likeness (QED) is 0.899. The number of carboxylic acids is 1. The van der Waals surface area contributed by atoms with Crippen molar-refractivity contribution >= 4 is 17.6 Å². The van der Waals surface area contributed by atoms with Gasteiger partial charge in [0.1, 0.15) is 0 Å². The van der Waals surface area contributed by atoms with Crippen LogP contribution in [0.4, 0.5) is 5.69 Å². The Bertz CT molecular complexity index is 602. The Morgan fingerprint density at radius 1 is 1.00 bits per heavy atom. The lowest BCUT2D eigenvalue weighted by Crippen LogP contribution is -2.49. The Balaban J connectivity index is 1.80. The fraction of sp³-hybridized carbons (Fsp3) is 0.556. The van der Waals surface area contributed by atoms with E-state index in [1.54, 1.807) is 0 Å². The molecule has 4 heteroatoms. The fourth-order valence-corrected chi connectivity index (χ4v) is 4.23. The molecule has 0 aromatic heterocycles. The molecule has 0 radical (unpaired) electrons. The number of carboxylic acid groups (broad SMARTS) is 1. The van der Waals surface area contributed by atoms with Gasteiger partial charge in [0, 0.05) is 5.69 Å². The molecule has 0 spiro atoms. The van der Waals surface area contributed by atoms with E-state index in [0.29, 0.717) is 0 Å². The van der Waals surface area contributed by atoms with Gasteiger partial charge in [-0.05, 0) is 74.6 Å². The van der Waals surface area contributed by atoms with Crippen molar-refractivity contribution in [1.82, 2.24) is 0 Å². The standard InChI is InChI=1S/C18H23NO3/c1-10-3-8-14(9-11(10)2)19-17(20)15-12-4-6-13(7-5-12)16(15)18(21)22/h3,8-9,12-13,15-16H,4-7H2,1-2H3,(H,19,20)(H,21,22)/t12?,13?,15-,16+/m0/s1. The summed E-state index contributed by atoms with van der Waals surface area (Å²) >= 11 is 0. The zero-order valence-electron chi connectivity index (χ0n) is 13.1. The monoisotopic (exact) mass is 301 g/mol. The number of hydrogen-bond donors (Lipinski definition) is 2. The van der Waals surface area contributed by atoms with Gasteiger partial charge in [0.05, 0.1) is 11.8 Å². The van der Waals surface area contributed by atoms with Gasteiger partial charge in [-0.25, -0.2) is 0 Å². The van der Waals surface area contributed by atoms with E-state index in [9.17, 15) is 14.7 Å². The molecular formula is C18H23NO3. The molecule has 3 aliphatic carbocycles. The van der Waals surface area contributed by atoms with Crippen molar-refractivity contribution < 1.29 is 14.7 Å². The molecule has 0 heterocycles. The predicted octanol–water partition coefficient (Wildman–Crippen LogP) is 3.38. The fourth-order valence-electron chi connectivity index (χ4n) is 4.23. The highest BCUT2D eigenvalue weighted by Gasteiger charge is 2.50. The van der Waals surface area contributed by atoms with Crippen molar-refractivity contribution in [3.63, 3.8) is 0 Å². The van der Waals surface area contributed by atoms with Crippen LogP contribution in [-0.2, 0) is 9.59 Å². The van der Waals surface area contributed by atoms with Crippen molar-refractivity contribution in [1.29, 1.82) is 0 Å². The van der Waals surface area contributed by atoms with Crippen LogP contribution in [0.5, 0.6) is 0 Å². The van der Waals surface area contributed by atoms with Gasteiger partial charge in [0.25, 0.3) is 0 Å². The second-order valence-electron chi connectivity index (χ2n) is 6.85. The van der Waals surface area contributed by atoms with Gasteiger partial charge in [-0.1, -0.05) is 6.07 Å². The average Bonchev–Trinajstić information content (AvgIpc) is 2.51. The molecule has 1 amide bonds. The van der Waals surface area contributed by atoms with Crippen LogP contribution in [0.1, 0.15) is 36.8 Å². The Labute approximate surface area is 130 Å². The first-order valence-corrected chi connectivity index (χ1v) is 8.08. The van der Waals surface area contributed by atoms with Gasteiger partial charge in [-0.15, -0.1) is 0 Å². The van der Waals surface area contributed by atoms with Crippen LogP contribution in [0.15, 0.2) is 18.2 Å². The van der Waals surface area contributed by atoms with Crippen LogP contribution in [0.25, 0.3) is 0 Å². The van der Waals surface area contributed by atoms with Crippen LogP contribution >= 0.6 is 0 Å². The molecule has 3 fully saturated rings. The zero-order chi connectivity index (χ0) is 15.9. The first-order valence-electron chi connectivity index (χ1n) is 8.08. The van der Waals surface area contributed by atoms with Crippen molar-refractivity contribution in [3.8, 4) is 0 Å². The van der Waals surface area contributed by atoms with Crippen LogP contribution in [0.3, 0.4) is 0 Å². The van der Waals surface area contributed by atoms with Crippen molar-refractivity contribution in [3.05, 3.63) is 29.3 Å². The summed E-state index contributed by atoms with van der Waals surface area (Å²) in [6, 6.07) is 5.81. The summed E-state index contributed by atoms with van der Waals surface area (Å²) in [4.78, 5) is 24.3. The Kier molecular flexibility index (Phi) is 3.94. The van der Waals surface area contributed by atoms with Crippen LogP contribution in [0, 0.1) is 37.5 Å². The molecule has 0 unspecified atom stereocenters. The molecule has 1 aromatic carbocycles. The number of carbonyl (C=O) groups excluding carboxylic acids is 1. The summed E-state index contributed by atoms with van der Waals surface area (Å²) in [7, 11) is 0. The summed E-state index contributed by atoms with van der Waals surface area (Å²) < 4.78 is 0. The number of anilines is 1. The first-order chi connectivity index (χ1) is 10.5. The lowest BCUT2D eigenvalue weighted by atomic mass is 9.58. The molecule has 4 nitrogen and oxygen atoms in total. The number of aryl methyl sites for hydroxylation is 2. The van der Waals surface area contributed by atoms with E-state index in [1.807, 2.05) is 32.0 Å². The van der Waals surface area contributed by atoms with Gasteiger partial charge in [0.2, 0.25) is 5.91 Å². The van der Waals surface area contributed by atoms with E-state index in [2.05, 4.69) is 5.32 Å². The zero-order valence-corrected chi connectivity index (χ0v) is 13.1. The molecular weight excluding hydrogens is 278 g/mol. The van der Waals surface area contributed by atoms with E-state index in [1.165, 1.54) is 5.56 Å². The number of nitrogens with one attached hydrogen (secondary N) is 1. The summed E-state index contributed by atoms with van der Waals surface area (Å²) in [6.45, 7) is 4.04. The Hall–Kier alpha value is -1.84. The third-order valence-electron chi connectivity index (χ3n) is 5.58. The normalized spacial score (nSPS) is 30.1. The highest BCUT2D eigenvalue weighted by atomic mass is 16.4. The summed E-state index contributed by atoms with van der Waals surface area (Å²) in [5.41, 5.74) is 3.06. The van der Waals surface area contributed by atoms with Crippen molar-refractivity contribution in [2.45, 2.75) is 39.5 Å². The van der Waals surface area contributed by atoms with E-state index in [4.69, 9.17) is 0 Å². The third kappa shape index (κ3) is 2.62. The van der Waals surface area contributed by atoms with E-state index in [0.717, 1.165) is 36.9 Å². The van der Waals surface area contributed by atoms with Gasteiger partial charge in [-0.3, -0.25) is 9.59 Å². The number of benzene rings is 1. The smallest absolute Gasteiger partial charge is 0.307 e. The van der Waals surface area contributed by atoms with Gasteiger partial charge in [0.15, 0.2) is 0 Å². The minimum atomic E-state index is -0.811. The molecule has 0 aliphatic heterocycles. The highest BCUT2D eigenvalue weighted by molar-refractivity contribution is 5.95. The van der Waals surface area contributed by atoms with Crippen LogP contribution in [0.2, 0.25) is 0 Å². The van der Waals surface area contributed by atoms with Crippen molar-refractivity contribution in [2.24, 2.45) is 23.7 Å². The number of amides is 1. The largest absolute Gasteiger partial charge is 0.481 e. The summed E-state index contributed by atoms with van der Waals surface area (Å²) in [5.74, 6) is -1.44. The molecule has 3 saturated carbocycles. The van der Waals surface area contributed by atoms with Crippen molar-refractivity contribution in [2.75, 3.05) is 5.32 Å². The lowest BCUT2D eigenvalue weighted by molar-refractivity contribution is -0.156. The average molecular weight is 301 g/mol. The highest BCUT2D eigenvalue weighted by Crippen LogP contribution is 2.49. The number of hydrogen-bond acceptors (Lipinski definition) is 2. The molecule has 4 rings (SSSR count). The van der Waals surface area contributed by atoms with Crippen LogP contribution in [-0.4, -0.2) is 17.0 Å². The molecule has 0 saturated heterocycles. The maximum Gasteiger partial charge on any atom is 0.307 e. The number of rotatable bonds is 3. The minimum absolute atomic E-state index is 0.120. The summed E-state index contributed by atoms with van der Waals surface area (Å²) in [6.07, 6.45) is 3.88. The molecule has 1 aromatic rings. The van der Waals surface area contributed by atoms with Gasteiger partial charge >= 0.3 is 5.97 Å². The van der Waals surface area contributed by atoms with Crippen LogP contribution < -0.4 is 5.32 Å². The molecule has 22 heavy (non-hydrogen) atoms. The number of aliphatic carboxylic acids is 1. The maximum atomic E-state index is 12.7. The number of fused-ring (bicyclic) bond motifs is 3. The molecule has 3 aliphatic rings. The van der Waals surface area contributed by atoms with E-state index < -0.39 is 11.9 Å². The number of carbonyl (C=O) groups is 2. The topological polar surface area (TPSA) is 66.4 Å². The lowest BCUT2D eigenvalue weighted by Gasteiger charge is -2.45. The molecule has 118 valence electrons. The Morgan fingerprint density at radius 2 is 1.59 bits per heavy atom. The predicted molar refractivity (Wildman–Crippen MR) is 84.6 cm³/mol. The second-order valence-corrected chi connectivity index (χ2v) is 6.85. The van der Waals surface area contributed by atoms with E-state index >= 15 is 0 Å². The Morgan fingerprint density at radius 3 is 2.14 bits per heavy atom. The van der Waals surface area contributed by atoms with Gasteiger partial charge in [-0.2, -0.15) is 0 Å². The third-order valence-corrected chi connectivity index (χ3v) is 5.58. The molecule has 2 N–H and O–H groups in total. The summed E-state index contributed by atoms with van der Waals surface area (Å²) in [5, 5.41) is 12.5. The molecule has 2 atom stereocenters. The maximum absolute atomic E-state index is 12.7. The van der Waals surface area contributed by atoms with E-state index in [-0.39, 0.29) is 23.7 Å². The SMILES string of the molecule is Cc1ccc(NC(=O)[C@H]2C3CCC(CC3)[C@H]2C(=O)O)cc1C. The molecule has 2 bridgehead atoms. The minimum Gasteiger partial charge on any atom is -0.481 e. The first kappa shape index (κ1) is 15.1.